The Labute approximate surface area is 154 Å². The van der Waals surface area contributed by atoms with E-state index in [2.05, 4.69) is 10.6 Å². The second-order valence-electron chi connectivity index (χ2n) is 5.59. The van der Waals surface area contributed by atoms with Gasteiger partial charge in [0, 0.05) is 17.0 Å². The molecule has 0 fully saturated rings. The Morgan fingerprint density at radius 1 is 1.08 bits per heavy atom. The number of benzene rings is 2. The molecule has 0 aliphatic heterocycles. The SMILES string of the molecule is Nc1ccc(-c2cccs2)cc1NC(=O)c1ccc(CNC(=O)O)cc1. The monoisotopic (exact) mass is 367 g/mol. The molecule has 0 unspecified atom stereocenters. The standard InChI is InChI=1S/C19H17N3O3S/c20-15-8-7-14(17-2-1-9-26-17)10-16(15)22-18(23)13-5-3-12(4-6-13)11-21-19(24)25/h1-10,21H,11,20H2,(H,22,23)(H,24,25). The van der Waals surface area contributed by atoms with Gasteiger partial charge in [0.15, 0.2) is 0 Å². The maximum atomic E-state index is 12.5. The average molecular weight is 367 g/mol. The second kappa shape index (κ2) is 7.71. The van der Waals surface area contributed by atoms with Gasteiger partial charge in [0.1, 0.15) is 0 Å². The highest BCUT2D eigenvalue weighted by Crippen LogP contribution is 2.30. The van der Waals surface area contributed by atoms with Crippen LogP contribution in [0.2, 0.25) is 0 Å². The molecule has 26 heavy (non-hydrogen) atoms. The molecule has 1 aromatic heterocycles. The predicted octanol–water partition coefficient (Wildman–Crippen LogP) is 4.02. The van der Waals surface area contributed by atoms with Gasteiger partial charge in [-0.1, -0.05) is 24.3 Å². The number of carbonyl (C=O) groups is 2. The van der Waals surface area contributed by atoms with E-state index in [-0.39, 0.29) is 12.5 Å². The van der Waals surface area contributed by atoms with Crippen molar-refractivity contribution in [1.29, 1.82) is 0 Å². The first kappa shape index (κ1) is 17.5. The van der Waals surface area contributed by atoms with E-state index in [0.717, 1.165) is 16.0 Å². The van der Waals surface area contributed by atoms with E-state index < -0.39 is 6.09 Å². The molecule has 6 nitrogen and oxygen atoms in total. The summed E-state index contributed by atoms with van der Waals surface area (Å²) in [5, 5.41) is 15.7. The number of rotatable bonds is 5. The van der Waals surface area contributed by atoms with Crippen LogP contribution in [0.15, 0.2) is 60.0 Å². The van der Waals surface area contributed by atoms with E-state index in [1.807, 2.05) is 29.6 Å². The van der Waals surface area contributed by atoms with Crippen LogP contribution in [0.4, 0.5) is 16.2 Å². The molecule has 0 saturated carbocycles. The van der Waals surface area contributed by atoms with Gasteiger partial charge in [-0.05, 0) is 46.8 Å². The normalized spacial score (nSPS) is 10.3. The molecule has 0 radical (unpaired) electrons. The Balaban J connectivity index is 1.73. The van der Waals surface area contributed by atoms with Crippen LogP contribution in [0.5, 0.6) is 0 Å². The van der Waals surface area contributed by atoms with E-state index in [9.17, 15) is 9.59 Å². The fourth-order valence-corrected chi connectivity index (χ4v) is 3.13. The molecular weight excluding hydrogens is 350 g/mol. The summed E-state index contributed by atoms with van der Waals surface area (Å²) in [4.78, 5) is 24.1. The van der Waals surface area contributed by atoms with Gasteiger partial charge in [0.2, 0.25) is 0 Å². The number of nitrogen functional groups attached to an aromatic ring is 1. The maximum absolute atomic E-state index is 12.5. The highest BCUT2D eigenvalue weighted by atomic mass is 32.1. The summed E-state index contributed by atoms with van der Waals surface area (Å²) < 4.78 is 0. The molecule has 2 aromatic carbocycles. The van der Waals surface area contributed by atoms with E-state index in [0.29, 0.717) is 16.9 Å². The molecule has 0 aliphatic rings. The number of carbonyl (C=O) groups excluding carboxylic acids is 1. The molecule has 0 spiro atoms. The molecule has 3 rings (SSSR count). The lowest BCUT2D eigenvalue weighted by Crippen LogP contribution is -2.20. The Bertz CT molecular complexity index is 922. The van der Waals surface area contributed by atoms with Crippen LogP contribution in [0.25, 0.3) is 10.4 Å². The van der Waals surface area contributed by atoms with E-state index in [4.69, 9.17) is 10.8 Å². The molecule has 7 heteroatoms. The summed E-state index contributed by atoms with van der Waals surface area (Å²) in [5.74, 6) is -0.280. The summed E-state index contributed by atoms with van der Waals surface area (Å²) in [6.07, 6.45) is -1.09. The fraction of sp³-hybridized carbons (Fsp3) is 0.0526. The minimum Gasteiger partial charge on any atom is -0.465 e. The Kier molecular flexibility index (Phi) is 5.19. The molecule has 132 valence electrons. The first-order valence-electron chi connectivity index (χ1n) is 7.83. The lowest BCUT2D eigenvalue weighted by molar-refractivity contribution is 0.102. The summed E-state index contributed by atoms with van der Waals surface area (Å²) in [6, 6.07) is 16.2. The van der Waals surface area contributed by atoms with Crippen LogP contribution in [-0.4, -0.2) is 17.1 Å². The van der Waals surface area contributed by atoms with Crippen molar-refractivity contribution in [3.8, 4) is 10.4 Å². The number of hydrogen-bond donors (Lipinski definition) is 4. The Hall–Kier alpha value is -3.32. The van der Waals surface area contributed by atoms with E-state index >= 15 is 0 Å². The summed E-state index contributed by atoms with van der Waals surface area (Å²) in [5.41, 5.74) is 9.24. The van der Waals surface area contributed by atoms with Crippen LogP contribution in [0, 0.1) is 0 Å². The van der Waals surface area contributed by atoms with Crippen molar-refractivity contribution in [3.05, 3.63) is 71.1 Å². The van der Waals surface area contributed by atoms with Gasteiger partial charge in [0.05, 0.1) is 11.4 Å². The number of carboxylic acid groups (broad SMARTS) is 1. The zero-order valence-corrected chi connectivity index (χ0v) is 14.5. The van der Waals surface area contributed by atoms with E-state index in [1.165, 1.54) is 0 Å². The number of thiophene rings is 1. The molecule has 2 amide bonds. The minimum absolute atomic E-state index is 0.188. The fourth-order valence-electron chi connectivity index (χ4n) is 2.41. The topological polar surface area (TPSA) is 104 Å². The lowest BCUT2D eigenvalue weighted by atomic mass is 10.1. The van der Waals surface area contributed by atoms with Crippen molar-refractivity contribution in [3.63, 3.8) is 0 Å². The van der Waals surface area contributed by atoms with Gasteiger partial charge >= 0.3 is 6.09 Å². The molecule has 3 aromatic rings. The van der Waals surface area contributed by atoms with Gasteiger partial charge in [0.25, 0.3) is 5.91 Å². The second-order valence-corrected chi connectivity index (χ2v) is 6.54. The lowest BCUT2D eigenvalue weighted by Gasteiger charge is -2.10. The molecule has 0 atom stereocenters. The average Bonchev–Trinajstić information content (AvgIpc) is 3.17. The third kappa shape index (κ3) is 4.20. The van der Waals surface area contributed by atoms with Crippen LogP contribution in [-0.2, 0) is 6.54 Å². The Morgan fingerprint density at radius 2 is 1.85 bits per heavy atom. The highest BCUT2D eigenvalue weighted by molar-refractivity contribution is 7.13. The number of hydrogen-bond acceptors (Lipinski definition) is 4. The molecular formula is C19H17N3O3S. The quantitative estimate of drug-likeness (QED) is 0.511. The highest BCUT2D eigenvalue weighted by Gasteiger charge is 2.10. The zero-order valence-electron chi connectivity index (χ0n) is 13.7. The van der Waals surface area contributed by atoms with Crippen molar-refractivity contribution in [2.45, 2.75) is 6.54 Å². The summed E-state index contributed by atoms with van der Waals surface area (Å²) in [7, 11) is 0. The van der Waals surface area contributed by atoms with Crippen molar-refractivity contribution in [1.82, 2.24) is 5.32 Å². The van der Waals surface area contributed by atoms with Crippen LogP contribution < -0.4 is 16.4 Å². The summed E-state index contributed by atoms with van der Waals surface area (Å²) in [6.45, 7) is 0.188. The maximum Gasteiger partial charge on any atom is 0.404 e. The predicted molar refractivity (Wildman–Crippen MR) is 103 cm³/mol. The Morgan fingerprint density at radius 3 is 2.50 bits per heavy atom. The van der Waals surface area contributed by atoms with Crippen LogP contribution in [0.1, 0.15) is 15.9 Å². The largest absolute Gasteiger partial charge is 0.465 e. The first-order valence-corrected chi connectivity index (χ1v) is 8.71. The van der Waals surface area contributed by atoms with Gasteiger partial charge in [-0.25, -0.2) is 4.79 Å². The van der Waals surface area contributed by atoms with Gasteiger partial charge < -0.3 is 21.5 Å². The third-order valence-electron chi connectivity index (χ3n) is 3.77. The summed E-state index contributed by atoms with van der Waals surface area (Å²) >= 11 is 1.61. The van der Waals surface area contributed by atoms with Crippen molar-refractivity contribution < 1.29 is 14.7 Å². The molecule has 5 N–H and O–H groups in total. The van der Waals surface area contributed by atoms with Crippen molar-refractivity contribution in [2.75, 3.05) is 11.1 Å². The molecule has 0 aliphatic carbocycles. The third-order valence-corrected chi connectivity index (χ3v) is 4.69. The van der Waals surface area contributed by atoms with Gasteiger partial charge in [-0.3, -0.25) is 4.79 Å². The van der Waals surface area contributed by atoms with Gasteiger partial charge in [-0.2, -0.15) is 0 Å². The first-order chi connectivity index (χ1) is 12.5. The zero-order chi connectivity index (χ0) is 18.5. The van der Waals surface area contributed by atoms with Crippen molar-refractivity contribution >= 4 is 34.7 Å². The number of amides is 2. The number of anilines is 2. The van der Waals surface area contributed by atoms with Gasteiger partial charge in [-0.15, -0.1) is 11.3 Å². The minimum atomic E-state index is -1.09. The number of nitrogens with one attached hydrogen (secondary N) is 2. The molecule has 0 bridgehead atoms. The molecule has 0 saturated heterocycles. The van der Waals surface area contributed by atoms with Crippen LogP contribution >= 0.6 is 11.3 Å². The molecule has 1 heterocycles. The smallest absolute Gasteiger partial charge is 0.404 e. The van der Waals surface area contributed by atoms with Crippen molar-refractivity contribution in [2.24, 2.45) is 0 Å². The number of nitrogens with two attached hydrogens (primary N) is 1. The van der Waals surface area contributed by atoms with Crippen LogP contribution in [0.3, 0.4) is 0 Å². The van der Waals surface area contributed by atoms with E-state index in [1.54, 1.807) is 41.7 Å².